The molecule has 0 N–H and O–H groups in total. The van der Waals surface area contributed by atoms with Gasteiger partial charge in [-0.05, 0) is 48.0 Å². The van der Waals surface area contributed by atoms with Crippen molar-refractivity contribution in [1.29, 1.82) is 0 Å². The lowest BCUT2D eigenvalue weighted by Gasteiger charge is -2.49. The van der Waals surface area contributed by atoms with Crippen LogP contribution in [0.15, 0.2) is 66.7 Å². The highest BCUT2D eigenvalue weighted by atomic mass is 19.1. The van der Waals surface area contributed by atoms with Crippen LogP contribution in [0.25, 0.3) is 0 Å². The van der Waals surface area contributed by atoms with Crippen LogP contribution >= 0.6 is 0 Å². The van der Waals surface area contributed by atoms with E-state index in [0.717, 1.165) is 17.0 Å². The number of anilines is 1. The molecule has 2 heterocycles. The zero-order valence-electron chi connectivity index (χ0n) is 17.7. The third kappa shape index (κ3) is 3.11. The zero-order valence-corrected chi connectivity index (χ0v) is 17.7. The van der Waals surface area contributed by atoms with Gasteiger partial charge in [0.1, 0.15) is 17.6 Å². The maximum Gasteiger partial charge on any atom is 0.270 e. The third-order valence-electron chi connectivity index (χ3n) is 6.02. The van der Waals surface area contributed by atoms with E-state index in [1.807, 2.05) is 0 Å². The number of ether oxygens (including phenoxy) is 1. The molecule has 0 saturated carbocycles. The van der Waals surface area contributed by atoms with Crippen LogP contribution in [0, 0.1) is 15.9 Å². The number of nitro benzene ring substituents is 1. The van der Waals surface area contributed by atoms with E-state index in [1.165, 1.54) is 42.3 Å². The van der Waals surface area contributed by atoms with Crippen LogP contribution in [0.2, 0.25) is 0 Å². The fourth-order valence-corrected chi connectivity index (χ4v) is 4.36. The van der Waals surface area contributed by atoms with Crippen LogP contribution in [-0.2, 0) is 4.79 Å². The van der Waals surface area contributed by atoms with Gasteiger partial charge in [0.05, 0.1) is 29.2 Å². The molecular weight excluding hydrogens is 445 g/mol. The third-order valence-corrected chi connectivity index (χ3v) is 6.02. The van der Waals surface area contributed by atoms with Gasteiger partial charge in [-0.15, -0.1) is 0 Å². The van der Waals surface area contributed by atoms with Gasteiger partial charge < -0.3 is 9.64 Å². The molecule has 1 fully saturated rings. The van der Waals surface area contributed by atoms with Crippen LogP contribution < -0.4 is 9.64 Å². The van der Waals surface area contributed by atoms with Gasteiger partial charge in [0.25, 0.3) is 23.4 Å². The van der Waals surface area contributed by atoms with Gasteiger partial charge in [-0.3, -0.25) is 29.4 Å². The Morgan fingerprint density at radius 2 is 1.50 bits per heavy atom. The van der Waals surface area contributed by atoms with Gasteiger partial charge >= 0.3 is 0 Å². The molecule has 9 nitrogen and oxygen atoms in total. The molecule has 10 heteroatoms. The van der Waals surface area contributed by atoms with Crippen molar-refractivity contribution in [3.05, 3.63) is 99.4 Å². The Morgan fingerprint density at radius 1 is 0.853 bits per heavy atom. The molecule has 34 heavy (non-hydrogen) atoms. The van der Waals surface area contributed by atoms with Crippen LogP contribution in [0.1, 0.15) is 32.3 Å². The number of non-ortho nitro benzene ring substituents is 1. The largest absolute Gasteiger partial charge is 0.497 e. The second-order valence-corrected chi connectivity index (χ2v) is 7.81. The molecule has 2 atom stereocenters. The second kappa shape index (κ2) is 7.77. The van der Waals surface area contributed by atoms with E-state index in [4.69, 9.17) is 4.74 Å². The van der Waals surface area contributed by atoms with Gasteiger partial charge in [-0.2, -0.15) is 0 Å². The number of nitrogens with zero attached hydrogens (tertiary/aromatic N) is 3. The van der Waals surface area contributed by atoms with Crippen molar-refractivity contribution in [2.24, 2.45) is 0 Å². The fourth-order valence-electron chi connectivity index (χ4n) is 4.36. The summed E-state index contributed by atoms with van der Waals surface area (Å²) in [6.07, 6.45) is 0. The fraction of sp³-hybridized carbons (Fsp3) is 0.125. The topological polar surface area (TPSA) is 110 Å². The van der Waals surface area contributed by atoms with E-state index in [2.05, 4.69) is 0 Å². The molecule has 170 valence electrons. The molecule has 3 amide bonds. The lowest BCUT2D eigenvalue weighted by Crippen LogP contribution is -2.67. The molecule has 2 aliphatic rings. The number of carbonyl (C=O) groups is 3. The first kappa shape index (κ1) is 21.3. The lowest BCUT2D eigenvalue weighted by atomic mass is 9.86. The van der Waals surface area contributed by atoms with Gasteiger partial charge in [-0.25, -0.2) is 4.39 Å². The predicted molar refractivity (Wildman–Crippen MR) is 117 cm³/mol. The minimum Gasteiger partial charge on any atom is -0.497 e. The summed E-state index contributed by atoms with van der Waals surface area (Å²) in [4.78, 5) is 52.3. The van der Waals surface area contributed by atoms with E-state index in [9.17, 15) is 28.9 Å². The number of imide groups is 1. The van der Waals surface area contributed by atoms with E-state index in [0.29, 0.717) is 17.0 Å². The normalized spacial score (nSPS) is 19.2. The molecule has 0 bridgehead atoms. The summed E-state index contributed by atoms with van der Waals surface area (Å²) >= 11 is 0. The second-order valence-electron chi connectivity index (χ2n) is 7.81. The lowest BCUT2D eigenvalue weighted by molar-refractivity contribution is -0.384. The maximum atomic E-state index is 13.6. The minimum absolute atomic E-state index is 0.0100. The number of fused-ring (bicyclic) bond motifs is 1. The summed E-state index contributed by atoms with van der Waals surface area (Å²) in [5.74, 6) is -1.91. The van der Waals surface area contributed by atoms with Crippen LogP contribution in [0.4, 0.5) is 15.8 Å². The van der Waals surface area contributed by atoms with E-state index < -0.39 is 40.5 Å². The first-order valence-corrected chi connectivity index (χ1v) is 10.2. The smallest absolute Gasteiger partial charge is 0.270 e. The monoisotopic (exact) mass is 461 g/mol. The van der Waals surface area contributed by atoms with Crippen LogP contribution in [0.5, 0.6) is 5.75 Å². The molecule has 3 aromatic rings. The van der Waals surface area contributed by atoms with Gasteiger partial charge in [0.2, 0.25) is 0 Å². The van der Waals surface area contributed by atoms with Gasteiger partial charge in [0, 0.05) is 17.8 Å². The summed E-state index contributed by atoms with van der Waals surface area (Å²) < 4.78 is 18.7. The first-order valence-electron chi connectivity index (χ1n) is 10.2. The number of halogens is 1. The van der Waals surface area contributed by atoms with Crippen molar-refractivity contribution in [1.82, 2.24) is 4.90 Å². The van der Waals surface area contributed by atoms with Crippen molar-refractivity contribution >= 4 is 29.1 Å². The molecule has 0 spiro atoms. The standard InChI is InChI=1S/C24H16FN3O6/c1-34-17-9-6-15(7-10-17)26-20(13-2-4-14(25)5-3-13)21(24(26)31)27-22(29)18-11-8-16(28(32)33)12-19(18)23(27)30/h2-12,20-21H,1H3/t20-,21-/m1/s1. The number of β-lactam (4-membered cyclic amide) rings is 1. The van der Waals surface area contributed by atoms with Crippen molar-refractivity contribution in [2.75, 3.05) is 12.0 Å². The zero-order chi connectivity index (χ0) is 24.1. The number of methoxy groups -OCH3 is 1. The first-order chi connectivity index (χ1) is 16.3. The Balaban J connectivity index is 1.56. The number of carbonyl (C=O) groups excluding carboxylic acids is 3. The number of benzene rings is 3. The number of nitro groups is 1. The van der Waals surface area contributed by atoms with E-state index >= 15 is 0 Å². The van der Waals surface area contributed by atoms with Gasteiger partial charge in [-0.1, -0.05) is 12.1 Å². The number of hydrogen-bond donors (Lipinski definition) is 0. The quantitative estimate of drug-likeness (QED) is 0.249. The molecule has 0 unspecified atom stereocenters. The summed E-state index contributed by atoms with van der Waals surface area (Å²) in [5.41, 5.74) is 0.543. The minimum atomic E-state index is -1.20. The Bertz CT molecular complexity index is 1360. The summed E-state index contributed by atoms with van der Waals surface area (Å²) in [6, 6.07) is 13.5. The molecular formula is C24H16FN3O6. The van der Waals surface area contributed by atoms with Crippen molar-refractivity contribution in [3.63, 3.8) is 0 Å². The highest BCUT2D eigenvalue weighted by molar-refractivity contribution is 6.25. The van der Waals surface area contributed by atoms with Gasteiger partial charge in [0.15, 0.2) is 0 Å². The Morgan fingerprint density at radius 3 is 2.12 bits per heavy atom. The Kier molecular flexibility index (Phi) is 4.85. The highest BCUT2D eigenvalue weighted by Gasteiger charge is 2.57. The molecule has 0 aliphatic carbocycles. The summed E-state index contributed by atoms with van der Waals surface area (Å²) in [6.45, 7) is 0. The van der Waals surface area contributed by atoms with Crippen LogP contribution in [-0.4, -0.2) is 40.7 Å². The SMILES string of the molecule is COc1ccc(N2C(=O)[C@H](N3C(=O)c4ccc([N+](=O)[O-])cc4C3=O)[C@H]2c2ccc(F)cc2)cc1. The molecule has 1 saturated heterocycles. The average molecular weight is 461 g/mol. The average Bonchev–Trinajstić information content (AvgIpc) is 3.08. The van der Waals surface area contributed by atoms with E-state index in [1.54, 1.807) is 24.3 Å². The number of amides is 3. The van der Waals surface area contributed by atoms with Crippen molar-refractivity contribution in [2.45, 2.75) is 12.1 Å². The number of hydrogen-bond acceptors (Lipinski definition) is 6. The Hall–Kier alpha value is -4.60. The van der Waals surface area contributed by atoms with Crippen molar-refractivity contribution in [3.8, 4) is 5.75 Å². The molecule has 0 aromatic heterocycles. The predicted octanol–water partition coefficient (Wildman–Crippen LogP) is 3.50. The highest BCUT2D eigenvalue weighted by Crippen LogP contribution is 2.44. The number of rotatable bonds is 5. The van der Waals surface area contributed by atoms with Crippen molar-refractivity contribution < 1.29 is 28.4 Å². The maximum absolute atomic E-state index is 13.6. The van der Waals surface area contributed by atoms with Crippen LogP contribution in [0.3, 0.4) is 0 Å². The molecule has 5 rings (SSSR count). The van der Waals surface area contributed by atoms with E-state index in [-0.39, 0.29) is 16.8 Å². The molecule has 2 aliphatic heterocycles. The summed E-state index contributed by atoms with van der Waals surface area (Å²) in [7, 11) is 1.51. The molecule has 0 radical (unpaired) electrons. The summed E-state index contributed by atoms with van der Waals surface area (Å²) in [5, 5.41) is 11.1. The Labute approximate surface area is 192 Å². The molecule has 3 aromatic carbocycles.